The molecule has 0 radical (unpaired) electrons. The molecule has 1 aromatic carbocycles. The van der Waals surface area contributed by atoms with E-state index in [1.54, 1.807) is 10.8 Å². The highest BCUT2D eigenvalue weighted by Crippen LogP contribution is 2.43. The van der Waals surface area contributed by atoms with Crippen LogP contribution in [0.1, 0.15) is 41.4 Å². The maximum absolute atomic E-state index is 13.8. The van der Waals surface area contributed by atoms with E-state index in [9.17, 15) is 23.5 Å². The Morgan fingerprint density at radius 3 is 2.70 bits per heavy atom. The summed E-state index contributed by atoms with van der Waals surface area (Å²) in [5.41, 5.74) is -0.603. The molecule has 4 rings (SSSR count). The molecule has 3 heterocycles. The maximum Gasteiger partial charge on any atom is 0.228 e. The Balaban J connectivity index is 1.60. The zero-order valence-corrected chi connectivity index (χ0v) is 17.0. The number of rotatable bonds is 4. The number of likely N-dealkylation sites (tertiary alicyclic amines) is 1. The van der Waals surface area contributed by atoms with Crippen LogP contribution in [0.4, 0.5) is 8.78 Å². The molecule has 30 heavy (non-hydrogen) atoms. The van der Waals surface area contributed by atoms with E-state index in [0.29, 0.717) is 6.54 Å². The van der Waals surface area contributed by atoms with Gasteiger partial charge < -0.3 is 19.9 Å². The Bertz CT molecular complexity index is 1070. The largest absolute Gasteiger partial charge is 0.503 e. The third kappa shape index (κ3) is 3.33. The summed E-state index contributed by atoms with van der Waals surface area (Å²) >= 11 is 0. The van der Waals surface area contributed by atoms with Crippen molar-refractivity contribution >= 4 is 5.78 Å². The second kappa shape index (κ2) is 7.59. The van der Waals surface area contributed by atoms with Crippen molar-refractivity contribution in [3.63, 3.8) is 0 Å². The predicted molar refractivity (Wildman–Crippen MR) is 107 cm³/mol. The van der Waals surface area contributed by atoms with Gasteiger partial charge in [-0.15, -0.1) is 0 Å². The van der Waals surface area contributed by atoms with Gasteiger partial charge in [0.2, 0.25) is 5.43 Å². The number of piperidine rings is 1. The Morgan fingerprint density at radius 2 is 1.97 bits per heavy atom. The van der Waals surface area contributed by atoms with Gasteiger partial charge in [0.25, 0.3) is 0 Å². The minimum absolute atomic E-state index is 0.0118. The second-order valence-electron chi connectivity index (χ2n) is 8.52. The summed E-state index contributed by atoms with van der Waals surface area (Å²) in [6.45, 7) is 3.48. The van der Waals surface area contributed by atoms with Crippen molar-refractivity contribution in [1.29, 1.82) is 0 Å². The van der Waals surface area contributed by atoms with E-state index in [4.69, 9.17) is 0 Å². The van der Waals surface area contributed by atoms with Crippen LogP contribution in [0.15, 0.2) is 29.2 Å². The number of hydrogen-bond donors (Lipinski definition) is 2. The molecule has 8 heteroatoms. The number of benzene rings is 1. The minimum Gasteiger partial charge on any atom is -0.503 e. The summed E-state index contributed by atoms with van der Waals surface area (Å²) in [6.07, 6.45) is 3.22. The van der Waals surface area contributed by atoms with Crippen LogP contribution in [0, 0.1) is 17.0 Å². The molecule has 160 valence electrons. The molecule has 1 fully saturated rings. The van der Waals surface area contributed by atoms with Gasteiger partial charge in [0.1, 0.15) is 17.3 Å². The summed E-state index contributed by atoms with van der Waals surface area (Å²) in [4.78, 5) is 28.1. The number of halogens is 2. The van der Waals surface area contributed by atoms with Crippen LogP contribution < -0.4 is 10.7 Å². The number of nitrogens with one attached hydrogen (secondary N) is 1. The van der Waals surface area contributed by atoms with Crippen molar-refractivity contribution in [3.05, 3.63) is 63.1 Å². The average molecular weight is 417 g/mol. The molecule has 2 atom stereocenters. The smallest absolute Gasteiger partial charge is 0.228 e. The van der Waals surface area contributed by atoms with Crippen LogP contribution in [-0.2, 0) is 19.6 Å². The summed E-state index contributed by atoms with van der Waals surface area (Å²) in [6, 6.07) is 3.30. The van der Waals surface area contributed by atoms with Gasteiger partial charge in [-0.25, -0.2) is 8.78 Å². The van der Waals surface area contributed by atoms with E-state index in [2.05, 4.69) is 10.2 Å². The van der Waals surface area contributed by atoms with E-state index < -0.39 is 28.2 Å². The zero-order chi connectivity index (χ0) is 21.6. The first-order valence-electron chi connectivity index (χ1n) is 10.1. The molecular weight excluding hydrogens is 392 g/mol. The molecule has 0 aliphatic carbocycles. The van der Waals surface area contributed by atoms with Gasteiger partial charge in [0.05, 0.1) is 0 Å². The summed E-state index contributed by atoms with van der Waals surface area (Å²) in [7, 11) is 1.99. The van der Waals surface area contributed by atoms with Crippen molar-refractivity contribution in [2.75, 3.05) is 13.6 Å². The monoisotopic (exact) mass is 417 g/mol. The van der Waals surface area contributed by atoms with Crippen molar-refractivity contribution in [1.82, 2.24) is 14.8 Å². The molecule has 2 aliphatic rings. The molecule has 6 nitrogen and oxygen atoms in total. The lowest BCUT2D eigenvalue weighted by Crippen LogP contribution is -2.58. The van der Waals surface area contributed by atoms with E-state index in [0.717, 1.165) is 25.5 Å². The Hall–Kier alpha value is -2.58. The van der Waals surface area contributed by atoms with Crippen LogP contribution in [0.3, 0.4) is 0 Å². The number of aromatic nitrogens is 1. The highest BCUT2D eigenvalue weighted by Gasteiger charge is 2.50. The quantitative estimate of drug-likeness (QED) is 0.799. The molecular formula is C22H25F2N3O3. The fourth-order valence-electron chi connectivity index (χ4n) is 4.78. The van der Waals surface area contributed by atoms with Crippen molar-refractivity contribution < 1.29 is 18.7 Å². The van der Waals surface area contributed by atoms with E-state index in [1.807, 2.05) is 14.0 Å². The number of fused-ring (bicyclic) bond motifs is 2. The van der Waals surface area contributed by atoms with Crippen molar-refractivity contribution in [2.45, 2.75) is 45.4 Å². The van der Waals surface area contributed by atoms with Gasteiger partial charge in [0, 0.05) is 54.5 Å². The first-order chi connectivity index (χ1) is 14.2. The Kier molecular flexibility index (Phi) is 5.23. The molecule has 1 aromatic heterocycles. The van der Waals surface area contributed by atoms with Gasteiger partial charge >= 0.3 is 0 Å². The number of carbonyl (C=O) groups excluding carboxylic acids is 1. The molecule has 2 aromatic rings. The topological polar surface area (TPSA) is 74.6 Å². The lowest BCUT2D eigenvalue weighted by Gasteiger charge is -2.49. The molecule has 2 unspecified atom stereocenters. The van der Waals surface area contributed by atoms with Crippen LogP contribution in [0.25, 0.3) is 0 Å². The van der Waals surface area contributed by atoms with Gasteiger partial charge in [-0.1, -0.05) is 13.0 Å². The van der Waals surface area contributed by atoms with Crippen LogP contribution in [0.2, 0.25) is 0 Å². The summed E-state index contributed by atoms with van der Waals surface area (Å²) in [5.74, 6) is -2.05. The molecule has 0 spiro atoms. The molecule has 0 amide bonds. The molecule has 0 bridgehead atoms. The molecule has 1 saturated heterocycles. The fourth-order valence-corrected chi connectivity index (χ4v) is 4.78. The maximum atomic E-state index is 13.8. The van der Waals surface area contributed by atoms with Crippen LogP contribution >= 0.6 is 0 Å². The number of pyridine rings is 1. The fraction of sp³-hybridized carbons (Fsp3) is 0.455. The van der Waals surface area contributed by atoms with Crippen LogP contribution in [0.5, 0.6) is 5.75 Å². The number of Topliss-reactive ketones (excluding diaryl/α,β-unsaturated/α-hetero) is 1. The standard InChI is InChI=1S/C22H25F2N3O3/c1-22-6-3-7-26(2)17(22)12-27-11-14(19(28)20(29)18(27)21(22)30)10-25-9-13-4-5-15(23)8-16(13)24/h4-5,8,11,17,25,29H,3,6-7,9-10,12H2,1-2H3. The number of nitrogens with zero attached hydrogens (tertiary/aromatic N) is 2. The number of likely N-dealkylation sites (N-methyl/N-ethyl adjacent to an activating group) is 1. The van der Waals surface area contributed by atoms with Gasteiger partial charge in [0.15, 0.2) is 11.5 Å². The first kappa shape index (κ1) is 20.7. The molecule has 0 saturated carbocycles. The van der Waals surface area contributed by atoms with Crippen LogP contribution in [-0.4, -0.2) is 40.0 Å². The average Bonchev–Trinajstić information content (AvgIpc) is 2.69. The third-order valence-corrected chi connectivity index (χ3v) is 6.55. The lowest BCUT2D eigenvalue weighted by atomic mass is 9.68. The molecule has 2 aliphatic heterocycles. The third-order valence-electron chi connectivity index (χ3n) is 6.55. The number of carbonyl (C=O) groups is 1. The number of hydrogen-bond acceptors (Lipinski definition) is 5. The summed E-state index contributed by atoms with van der Waals surface area (Å²) in [5, 5.41) is 13.5. The van der Waals surface area contributed by atoms with Gasteiger partial charge in [-0.2, -0.15) is 0 Å². The Labute approximate surface area is 173 Å². The zero-order valence-electron chi connectivity index (χ0n) is 17.0. The second-order valence-corrected chi connectivity index (χ2v) is 8.52. The van der Waals surface area contributed by atoms with E-state index in [-0.39, 0.29) is 41.7 Å². The molecule has 2 N–H and O–H groups in total. The SMILES string of the molecule is CN1CCCC2(C)C(=O)c3c(O)c(=O)c(CNCc4ccc(F)cc4F)cn3CC12. The normalized spacial score (nSPS) is 23.9. The Morgan fingerprint density at radius 1 is 1.23 bits per heavy atom. The van der Waals surface area contributed by atoms with Crippen molar-refractivity contribution in [2.24, 2.45) is 5.41 Å². The number of aromatic hydroxyl groups is 1. The van der Waals surface area contributed by atoms with E-state index in [1.165, 1.54) is 12.1 Å². The minimum atomic E-state index is -0.669. The highest BCUT2D eigenvalue weighted by molar-refractivity contribution is 6.02. The summed E-state index contributed by atoms with van der Waals surface area (Å²) < 4.78 is 28.5. The van der Waals surface area contributed by atoms with Gasteiger partial charge in [-0.05, 0) is 32.5 Å². The van der Waals surface area contributed by atoms with E-state index >= 15 is 0 Å². The number of ketones is 1. The van der Waals surface area contributed by atoms with Crippen molar-refractivity contribution in [3.8, 4) is 5.75 Å². The highest BCUT2D eigenvalue weighted by atomic mass is 19.1. The first-order valence-corrected chi connectivity index (χ1v) is 10.1. The predicted octanol–water partition coefficient (Wildman–Crippen LogP) is 2.42. The lowest BCUT2D eigenvalue weighted by molar-refractivity contribution is 0.0188. The van der Waals surface area contributed by atoms with Gasteiger partial charge in [-0.3, -0.25) is 9.59 Å².